The maximum Gasteiger partial charge on any atom is 0.416 e. The molecule has 7 nitrogen and oxygen atoms in total. The molecule has 1 aromatic carbocycles. The first-order valence-electron chi connectivity index (χ1n) is 5.73. The van der Waals surface area contributed by atoms with E-state index in [2.05, 4.69) is 16.6 Å². The minimum atomic E-state index is -5.43. The van der Waals surface area contributed by atoms with Crippen LogP contribution in [0.3, 0.4) is 0 Å². The molecule has 0 fully saturated rings. The fraction of sp³-hybridized carbons (Fsp3) is 0.300. The molecule has 1 rings (SSSR count). The van der Waals surface area contributed by atoms with Crippen LogP contribution in [0.2, 0.25) is 0 Å². The monoisotopic (exact) mass is 431 g/mol. The molecule has 0 saturated carbocycles. The van der Waals surface area contributed by atoms with E-state index in [0.717, 1.165) is 0 Å². The number of alkyl halides is 8. The number of aliphatic imine (C=N–C) groups is 1. The average Bonchev–Trinajstić information content (AvgIpc) is 2.44. The summed E-state index contributed by atoms with van der Waals surface area (Å²) in [6, 6.07) is -0.514. The van der Waals surface area contributed by atoms with Crippen LogP contribution in [0, 0.1) is 20.2 Å². The van der Waals surface area contributed by atoms with Gasteiger partial charge in [-0.25, -0.2) is 4.99 Å². The Labute approximate surface area is 147 Å². The van der Waals surface area contributed by atoms with Crippen molar-refractivity contribution in [1.29, 1.82) is 0 Å². The Morgan fingerprint density at radius 3 is 1.62 bits per heavy atom. The molecule has 144 valence electrons. The van der Waals surface area contributed by atoms with Gasteiger partial charge in [-0.2, -0.15) is 30.7 Å². The van der Waals surface area contributed by atoms with Gasteiger partial charge in [0, 0.05) is 12.1 Å². The van der Waals surface area contributed by atoms with Crippen molar-refractivity contribution in [3.05, 3.63) is 37.9 Å². The Bertz CT molecular complexity index is 757. The molecule has 0 atom stereocenters. The van der Waals surface area contributed by atoms with E-state index in [-0.39, 0.29) is 12.1 Å². The minimum Gasteiger partial charge on any atom is -0.258 e. The predicted molar refractivity (Wildman–Crippen MR) is 73.4 cm³/mol. The van der Waals surface area contributed by atoms with Crippen molar-refractivity contribution in [3.8, 4) is 0 Å². The molecule has 26 heavy (non-hydrogen) atoms. The van der Waals surface area contributed by atoms with Crippen LogP contribution < -0.4 is 0 Å². The van der Waals surface area contributed by atoms with E-state index >= 15 is 0 Å². The first kappa shape index (κ1) is 21.8. The second-order valence-electron chi connectivity index (χ2n) is 4.35. The van der Waals surface area contributed by atoms with Gasteiger partial charge in [0.2, 0.25) is 5.69 Å². The lowest BCUT2D eigenvalue weighted by molar-refractivity contribution is -0.392. The van der Waals surface area contributed by atoms with Crippen LogP contribution in [0.5, 0.6) is 0 Å². The van der Waals surface area contributed by atoms with Crippen LogP contribution in [0.25, 0.3) is 0 Å². The lowest BCUT2D eigenvalue weighted by Crippen LogP contribution is -2.40. The molecule has 0 heterocycles. The van der Waals surface area contributed by atoms with Crippen molar-refractivity contribution in [2.24, 2.45) is 4.99 Å². The molecule has 0 radical (unpaired) electrons. The number of rotatable bonds is 5. The first-order valence-corrected chi connectivity index (χ1v) is 6.49. The summed E-state index contributed by atoms with van der Waals surface area (Å²) >= 11 is 8.95. The Balaban J connectivity index is 3.83. The first-order chi connectivity index (χ1) is 11.5. The van der Waals surface area contributed by atoms with E-state index in [1.807, 2.05) is 0 Å². The highest BCUT2D eigenvalue weighted by Crippen LogP contribution is 2.45. The largest absolute Gasteiger partial charge is 0.416 e. The van der Waals surface area contributed by atoms with Gasteiger partial charge in [0.1, 0.15) is 0 Å². The van der Waals surface area contributed by atoms with Gasteiger partial charge in [0.05, 0.1) is 15.4 Å². The van der Waals surface area contributed by atoms with Crippen LogP contribution in [0.1, 0.15) is 5.56 Å². The maximum atomic E-state index is 13.3. The second-order valence-corrected chi connectivity index (χ2v) is 5.18. The summed E-state index contributed by atoms with van der Waals surface area (Å²) in [5, 5.41) is 13.9. The van der Waals surface area contributed by atoms with E-state index in [1.54, 1.807) is 0 Å². The zero-order valence-corrected chi connectivity index (χ0v) is 13.0. The lowest BCUT2D eigenvalue weighted by Gasteiger charge is -2.19. The summed E-state index contributed by atoms with van der Waals surface area (Å²) in [7, 11) is 0. The molecule has 0 aliphatic heterocycles. The highest BCUT2D eigenvalue weighted by molar-refractivity contribution is 6.68. The minimum absolute atomic E-state index is 0.257. The van der Waals surface area contributed by atoms with E-state index in [9.17, 15) is 51.0 Å². The number of nitro benzene ring substituents is 2. The number of hydrogen-bond acceptors (Lipinski definition) is 5. The number of nitro groups is 2. The number of halogens is 9. The molecular weight excluding hydrogens is 430 g/mol. The van der Waals surface area contributed by atoms with Gasteiger partial charge in [-0.3, -0.25) is 20.2 Å². The third kappa shape index (κ3) is 4.30. The Morgan fingerprint density at radius 1 is 0.962 bits per heavy atom. The zero-order valence-electron chi connectivity index (χ0n) is 11.5. The smallest absolute Gasteiger partial charge is 0.258 e. The fourth-order valence-electron chi connectivity index (χ4n) is 1.45. The SMILES string of the molecule is O=[N+]([O-])c1cc(C(F)(F)F)cc([N+](=O)[O-])c1N=C(Cl)C(F)(F)C(F)(F)Cl. The molecule has 0 bridgehead atoms. The predicted octanol–water partition coefficient (Wildman–Crippen LogP) is 5.26. The Morgan fingerprint density at radius 2 is 1.35 bits per heavy atom. The number of nitrogens with zero attached hydrogens (tertiary/aromatic N) is 3. The van der Waals surface area contributed by atoms with E-state index < -0.39 is 55.1 Å². The standard InChI is InChI=1S/C10H2Cl2F7N3O4/c11-7(8(13,14)10(12,18)19)20-6-4(21(23)24)1-3(9(15,16)17)2-5(6)22(25)26/h1-2H. The molecular formula is C10H2Cl2F7N3O4. The normalized spacial score (nSPS) is 13.7. The molecule has 0 amide bonds. The molecule has 0 N–H and O–H groups in total. The van der Waals surface area contributed by atoms with Crippen LogP contribution >= 0.6 is 23.2 Å². The van der Waals surface area contributed by atoms with Gasteiger partial charge in [-0.1, -0.05) is 11.6 Å². The van der Waals surface area contributed by atoms with Gasteiger partial charge < -0.3 is 0 Å². The fourth-order valence-corrected chi connectivity index (χ4v) is 1.79. The average molecular weight is 432 g/mol. The molecule has 1 aromatic rings. The summed E-state index contributed by atoms with van der Waals surface area (Å²) in [6.45, 7) is 0. The van der Waals surface area contributed by atoms with Crippen LogP contribution in [0.15, 0.2) is 17.1 Å². The van der Waals surface area contributed by atoms with Crippen molar-refractivity contribution in [2.75, 3.05) is 0 Å². The molecule has 0 unspecified atom stereocenters. The summed E-state index contributed by atoms with van der Waals surface area (Å²) in [6.07, 6.45) is -5.28. The van der Waals surface area contributed by atoms with Crippen molar-refractivity contribution in [3.63, 3.8) is 0 Å². The van der Waals surface area contributed by atoms with Crippen molar-refractivity contribution in [2.45, 2.75) is 17.5 Å². The molecule has 0 spiro atoms. The summed E-state index contributed by atoms with van der Waals surface area (Å²) in [5.74, 6) is -5.43. The van der Waals surface area contributed by atoms with Gasteiger partial charge >= 0.3 is 28.9 Å². The molecule has 16 heteroatoms. The zero-order chi connectivity index (χ0) is 20.7. The van der Waals surface area contributed by atoms with Crippen LogP contribution in [0.4, 0.5) is 47.8 Å². The van der Waals surface area contributed by atoms with Crippen molar-refractivity contribution in [1.82, 2.24) is 0 Å². The third-order valence-corrected chi connectivity index (χ3v) is 3.17. The highest BCUT2D eigenvalue weighted by Gasteiger charge is 2.59. The van der Waals surface area contributed by atoms with Crippen molar-refractivity contribution < 1.29 is 40.6 Å². The third-order valence-electron chi connectivity index (χ3n) is 2.62. The van der Waals surface area contributed by atoms with Gasteiger partial charge in [-0.15, -0.1) is 0 Å². The van der Waals surface area contributed by atoms with E-state index in [4.69, 9.17) is 11.6 Å². The maximum absolute atomic E-state index is 13.3. The molecule has 0 aliphatic carbocycles. The van der Waals surface area contributed by atoms with Gasteiger partial charge in [-0.05, 0) is 11.6 Å². The van der Waals surface area contributed by atoms with Crippen LogP contribution in [-0.2, 0) is 6.18 Å². The Hall–Kier alpha value is -2.22. The highest BCUT2D eigenvalue weighted by atomic mass is 35.5. The summed E-state index contributed by atoms with van der Waals surface area (Å²) in [4.78, 5) is 20.9. The second kappa shape index (κ2) is 6.83. The van der Waals surface area contributed by atoms with Crippen molar-refractivity contribution >= 4 is 45.4 Å². The van der Waals surface area contributed by atoms with E-state index in [1.165, 1.54) is 0 Å². The number of benzene rings is 1. The van der Waals surface area contributed by atoms with E-state index in [0.29, 0.717) is 0 Å². The summed E-state index contributed by atoms with van der Waals surface area (Å²) in [5.41, 5.74) is -7.10. The van der Waals surface area contributed by atoms with Crippen LogP contribution in [-0.4, -0.2) is 26.3 Å². The molecule has 0 saturated heterocycles. The summed E-state index contributed by atoms with van der Waals surface area (Å²) < 4.78 is 89.8. The lowest BCUT2D eigenvalue weighted by atomic mass is 10.1. The van der Waals surface area contributed by atoms with Gasteiger partial charge in [0.15, 0.2) is 5.17 Å². The van der Waals surface area contributed by atoms with Gasteiger partial charge in [0.25, 0.3) is 0 Å². The molecule has 0 aliphatic rings. The Kier molecular flexibility index (Phi) is 5.73. The molecule has 0 aromatic heterocycles. The quantitative estimate of drug-likeness (QED) is 0.209. The number of hydrogen-bond donors (Lipinski definition) is 0. The topological polar surface area (TPSA) is 98.6 Å².